The number of hydrogen-bond donors (Lipinski definition) is 2. The Bertz CT molecular complexity index is 469. The molecule has 1 aromatic carbocycles. The number of methoxy groups -OCH3 is 1. The third-order valence-corrected chi connectivity index (χ3v) is 3.61. The predicted molar refractivity (Wildman–Crippen MR) is 75.1 cm³/mol. The van der Waals surface area contributed by atoms with Gasteiger partial charge in [-0.1, -0.05) is 12.1 Å². The Balaban J connectivity index is 2.26. The first kappa shape index (κ1) is 14.7. The quantitative estimate of drug-likeness (QED) is 0.836. The van der Waals surface area contributed by atoms with Gasteiger partial charge in [-0.2, -0.15) is 0 Å². The van der Waals surface area contributed by atoms with Crippen molar-refractivity contribution in [2.24, 2.45) is 5.73 Å². The van der Waals surface area contributed by atoms with Crippen LogP contribution in [0, 0.1) is 0 Å². The van der Waals surface area contributed by atoms with E-state index >= 15 is 0 Å². The van der Waals surface area contributed by atoms with Crippen LogP contribution in [-0.4, -0.2) is 24.3 Å². The fraction of sp³-hybridized carbons (Fsp3) is 0.533. The van der Waals surface area contributed by atoms with Gasteiger partial charge in [-0.05, 0) is 31.7 Å². The van der Waals surface area contributed by atoms with E-state index in [0.29, 0.717) is 17.1 Å². The van der Waals surface area contributed by atoms with Gasteiger partial charge in [0.05, 0.1) is 19.6 Å². The van der Waals surface area contributed by atoms with Crippen LogP contribution in [0.3, 0.4) is 0 Å². The third-order valence-electron chi connectivity index (χ3n) is 3.61. The van der Waals surface area contributed by atoms with Crippen molar-refractivity contribution in [3.05, 3.63) is 23.8 Å². The predicted octanol–water partition coefficient (Wildman–Crippen LogP) is 2.49. The molecular formula is C15H21NO4. The molecule has 0 radical (unpaired) electrons. The summed E-state index contributed by atoms with van der Waals surface area (Å²) in [7, 11) is 1.57. The Hall–Kier alpha value is -1.75. The maximum atomic E-state index is 10.8. The highest BCUT2D eigenvalue weighted by Crippen LogP contribution is 2.37. The van der Waals surface area contributed by atoms with Crippen LogP contribution in [0.15, 0.2) is 18.2 Å². The Labute approximate surface area is 118 Å². The van der Waals surface area contributed by atoms with Crippen LogP contribution in [0.4, 0.5) is 0 Å². The van der Waals surface area contributed by atoms with Gasteiger partial charge < -0.3 is 20.3 Å². The van der Waals surface area contributed by atoms with Crippen molar-refractivity contribution in [1.82, 2.24) is 0 Å². The Morgan fingerprint density at radius 1 is 1.45 bits per heavy atom. The lowest BCUT2D eigenvalue weighted by atomic mass is 10.0. The highest BCUT2D eigenvalue weighted by atomic mass is 16.5. The number of benzene rings is 1. The molecule has 0 heterocycles. The summed E-state index contributed by atoms with van der Waals surface area (Å²) < 4.78 is 11.4. The lowest BCUT2D eigenvalue weighted by molar-refractivity contribution is -0.137. The van der Waals surface area contributed by atoms with E-state index in [1.807, 2.05) is 0 Å². The maximum absolute atomic E-state index is 10.8. The third kappa shape index (κ3) is 3.42. The summed E-state index contributed by atoms with van der Waals surface area (Å²) in [6.45, 7) is 0. The van der Waals surface area contributed by atoms with E-state index in [2.05, 4.69) is 0 Å². The average Bonchev–Trinajstić information content (AvgIpc) is 2.91. The molecule has 1 saturated carbocycles. The lowest BCUT2D eigenvalue weighted by Gasteiger charge is -2.21. The maximum Gasteiger partial charge on any atom is 0.305 e. The van der Waals surface area contributed by atoms with Crippen LogP contribution in [0.1, 0.15) is 43.7 Å². The van der Waals surface area contributed by atoms with Gasteiger partial charge in [0.2, 0.25) is 0 Å². The monoisotopic (exact) mass is 279 g/mol. The number of aliphatic carboxylic acids is 1. The lowest BCUT2D eigenvalue weighted by Crippen LogP contribution is -2.19. The summed E-state index contributed by atoms with van der Waals surface area (Å²) in [6.07, 6.45) is 4.40. The van der Waals surface area contributed by atoms with Gasteiger partial charge in [-0.15, -0.1) is 0 Å². The molecule has 0 saturated heterocycles. The zero-order valence-corrected chi connectivity index (χ0v) is 11.7. The van der Waals surface area contributed by atoms with Crippen LogP contribution in [0.5, 0.6) is 11.5 Å². The second-order valence-corrected chi connectivity index (χ2v) is 5.11. The fourth-order valence-electron chi connectivity index (χ4n) is 2.58. The van der Waals surface area contributed by atoms with Crippen molar-refractivity contribution >= 4 is 5.97 Å². The second kappa shape index (κ2) is 6.61. The number of carboxylic acids is 1. The molecule has 5 nitrogen and oxygen atoms in total. The normalized spacial score (nSPS) is 16.9. The van der Waals surface area contributed by atoms with Gasteiger partial charge >= 0.3 is 5.97 Å². The highest BCUT2D eigenvalue weighted by Gasteiger charge is 2.23. The minimum absolute atomic E-state index is 0.131. The van der Waals surface area contributed by atoms with E-state index in [0.717, 1.165) is 25.7 Å². The number of nitrogens with two attached hydrogens (primary N) is 1. The number of carbonyl (C=O) groups is 1. The molecule has 1 atom stereocenters. The van der Waals surface area contributed by atoms with Crippen molar-refractivity contribution in [3.8, 4) is 11.5 Å². The Kier molecular flexibility index (Phi) is 4.84. The molecule has 1 aliphatic rings. The largest absolute Gasteiger partial charge is 0.493 e. The van der Waals surface area contributed by atoms with Gasteiger partial charge in [-0.3, -0.25) is 4.79 Å². The molecule has 20 heavy (non-hydrogen) atoms. The Morgan fingerprint density at radius 3 is 2.75 bits per heavy atom. The summed E-state index contributed by atoms with van der Waals surface area (Å²) in [5, 5.41) is 8.89. The highest BCUT2D eigenvalue weighted by molar-refractivity contribution is 5.68. The summed E-state index contributed by atoms with van der Waals surface area (Å²) in [5.41, 5.74) is 6.67. The zero-order chi connectivity index (χ0) is 14.5. The zero-order valence-electron chi connectivity index (χ0n) is 11.7. The molecule has 110 valence electrons. The van der Waals surface area contributed by atoms with Crippen molar-refractivity contribution in [1.29, 1.82) is 0 Å². The molecule has 0 bridgehead atoms. The fourth-order valence-corrected chi connectivity index (χ4v) is 2.58. The van der Waals surface area contributed by atoms with Crippen LogP contribution >= 0.6 is 0 Å². The molecule has 0 spiro atoms. The van der Waals surface area contributed by atoms with Crippen molar-refractivity contribution < 1.29 is 19.4 Å². The van der Waals surface area contributed by atoms with Crippen LogP contribution < -0.4 is 15.2 Å². The van der Waals surface area contributed by atoms with Gasteiger partial charge in [0, 0.05) is 11.6 Å². The van der Waals surface area contributed by atoms with Crippen LogP contribution in [0.2, 0.25) is 0 Å². The number of carboxylic acid groups (broad SMARTS) is 1. The van der Waals surface area contributed by atoms with E-state index < -0.39 is 12.0 Å². The molecule has 2 rings (SSSR count). The molecule has 1 fully saturated rings. The molecule has 0 amide bonds. The van der Waals surface area contributed by atoms with Crippen molar-refractivity contribution in [2.75, 3.05) is 7.11 Å². The van der Waals surface area contributed by atoms with Gasteiger partial charge in [0.25, 0.3) is 0 Å². The first-order valence-electron chi connectivity index (χ1n) is 6.92. The summed E-state index contributed by atoms with van der Waals surface area (Å²) in [5.74, 6) is 0.276. The van der Waals surface area contributed by atoms with Gasteiger partial charge in [0.15, 0.2) is 11.5 Å². The molecule has 0 aromatic heterocycles. The molecule has 1 aromatic rings. The van der Waals surface area contributed by atoms with Gasteiger partial charge in [-0.25, -0.2) is 0 Å². The summed E-state index contributed by atoms with van der Waals surface area (Å²) in [4.78, 5) is 10.8. The molecule has 3 N–H and O–H groups in total. The molecule has 0 aliphatic heterocycles. The number of ether oxygens (including phenoxy) is 2. The summed E-state index contributed by atoms with van der Waals surface area (Å²) in [6, 6.07) is 4.82. The van der Waals surface area contributed by atoms with E-state index in [4.69, 9.17) is 20.3 Å². The molecule has 1 aliphatic carbocycles. The minimum atomic E-state index is -0.924. The van der Waals surface area contributed by atoms with Crippen LogP contribution in [0.25, 0.3) is 0 Å². The van der Waals surface area contributed by atoms with E-state index in [9.17, 15) is 4.79 Å². The number of para-hydroxylation sites is 1. The topological polar surface area (TPSA) is 81.8 Å². The standard InChI is InChI=1S/C15H21NO4/c1-19-13-8-4-7-11(12(16)9-14(17)18)15(13)20-10-5-2-3-6-10/h4,7-8,10,12H,2-3,5-6,9,16H2,1H3,(H,17,18). The van der Waals surface area contributed by atoms with Crippen LogP contribution in [-0.2, 0) is 4.79 Å². The SMILES string of the molecule is COc1cccc(C(N)CC(=O)O)c1OC1CCCC1. The number of rotatable bonds is 6. The molecule has 5 heteroatoms. The van der Waals surface area contributed by atoms with Gasteiger partial charge in [0.1, 0.15) is 0 Å². The summed E-state index contributed by atoms with van der Waals surface area (Å²) >= 11 is 0. The van der Waals surface area contributed by atoms with E-state index in [-0.39, 0.29) is 12.5 Å². The Morgan fingerprint density at radius 2 is 2.15 bits per heavy atom. The molecular weight excluding hydrogens is 258 g/mol. The first-order valence-corrected chi connectivity index (χ1v) is 6.92. The second-order valence-electron chi connectivity index (χ2n) is 5.11. The van der Waals surface area contributed by atoms with Crippen molar-refractivity contribution in [2.45, 2.75) is 44.2 Å². The van der Waals surface area contributed by atoms with Crippen molar-refractivity contribution in [3.63, 3.8) is 0 Å². The average molecular weight is 279 g/mol. The van der Waals surface area contributed by atoms with E-state index in [1.165, 1.54) is 0 Å². The first-order chi connectivity index (χ1) is 9.61. The van der Waals surface area contributed by atoms with E-state index in [1.54, 1.807) is 25.3 Å². The number of hydrogen-bond acceptors (Lipinski definition) is 4. The minimum Gasteiger partial charge on any atom is -0.493 e. The molecule has 1 unspecified atom stereocenters. The smallest absolute Gasteiger partial charge is 0.305 e.